The molecule has 0 radical (unpaired) electrons. The normalized spacial score (nSPS) is 21.1. The van der Waals surface area contributed by atoms with Crippen molar-refractivity contribution in [2.24, 2.45) is 0 Å². The number of aromatic nitrogens is 2. The van der Waals surface area contributed by atoms with Gasteiger partial charge in [0.05, 0.1) is 24.2 Å². The number of aliphatic hydroxyl groups excluding tert-OH is 1. The molecule has 4 nitrogen and oxygen atoms in total. The molecule has 1 saturated heterocycles. The summed E-state index contributed by atoms with van der Waals surface area (Å²) in [4.78, 5) is 10.3. The molecule has 0 amide bonds. The number of aromatic amines is 1. The van der Waals surface area contributed by atoms with E-state index < -0.39 is 0 Å². The van der Waals surface area contributed by atoms with Crippen molar-refractivity contribution < 1.29 is 5.11 Å². The van der Waals surface area contributed by atoms with E-state index >= 15 is 0 Å². The van der Waals surface area contributed by atoms with Crippen LogP contribution in [-0.4, -0.2) is 39.2 Å². The lowest BCUT2D eigenvalue weighted by molar-refractivity contribution is 0.0822. The van der Waals surface area contributed by atoms with E-state index in [2.05, 4.69) is 30.8 Å². The highest BCUT2D eigenvalue weighted by atomic mass is 79.9. The maximum atomic E-state index is 9.44. The first-order valence-corrected chi connectivity index (χ1v) is 7.54. The molecular weight excluding hydrogens is 306 g/mol. The van der Waals surface area contributed by atoms with Gasteiger partial charge < -0.3 is 10.1 Å². The highest BCUT2D eigenvalue weighted by Gasteiger charge is 2.22. The molecule has 2 N–H and O–H groups in total. The van der Waals surface area contributed by atoms with Gasteiger partial charge in [-0.1, -0.05) is 22.4 Å². The van der Waals surface area contributed by atoms with Gasteiger partial charge in [0.25, 0.3) is 0 Å². The second kappa shape index (κ2) is 5.61. The van der Waals surface area contributed by atoms with Gasteiger partial charge in [0.15, 0.2) is 0 Å². The molecule has 102 valence electrons. The molecule has 0 bridgehead atoms. The third-order valence-corrected chi connectivity index (χ3v) is 4.30. The van der Waals surface area contributed by atoms with Crippen LogP contribution in [0.2, 0.25) is 0 Å². The molecule has 0 spiro atoms. The average Bonchev–Trinajstić information content (AvgIpc) is 2.80. The van der Waals surface area contributed by atoms with Crippen LogP contribution >= 0.6 is 15.9 Å². The van der Waals surface area contributed by atoms with Crippen LogP contribution in [0.25, 0.3) is 11.0 Å². The number of aliphatic hydroxyl groups is 1. The lowest BCUT2D eigenvalue weighted by Crippen LogP contribution is -2.41. The average molecular weight is 324 g/mol. The van der Waals surface area contributed by atoms with Crippen molar-refractivity contribution in [3.8, 4) is 0 Å². The number of hydrogen-bond acceptors (Lipinski definition) is 3. The van der Waals surface area contributed by atoms with Crippen molar-refractivity contribution in [2.45, 2.75) is 31.8 Å². The van der Waals surface area contributed by atoms with E-state index in [9.17, 15) is 5.11 Å². The minimum atomic E-state index is 0.242. The Bertz CT molecular complexity index is 569. The van der Waals surface area contributed by atoms with Crippen molar-refractivity contribution in [3.05, 3.63) is 28.5 Å². The Morgan fingerprint density at radius 2 is 2.32 bits per heavy atom. The van der Waals surface area contributed by atoms with Crippen LogP contribution in [0.1, 0.15) is 25.1 Å². The summed E-state index contributed by atoms with van der Waals surface area (Å²) in [5.41, 5.74) is 2.05. The summed E-state index contributed by atoms with van der Waals surface area (Å²) >= 11 is 3.47. The minimum absolute atomic E-state index is 0.242. The number of likely N-dealkylation sites (tertiary alicyclic amines) is 1. The van der Waals surface area contributed by atoms with E-state index in [1.54, 1.807) is 0 Å². The van der Waals surface area contributed by atoms with Crippen molar-refractivity contribution >= 4 is 27.0 Å². The van der Waals surface area contributed by atoms with Gasteiger partial charge in [0.2, 0.25) is 0 Å². The summed E-state index contributed by atoms with van der Waals surface area (Å²) in [6.07, 6.45) is 3.51. The molecule has 1 fully saturated rings. The molecular formula is C14H18BrN3O. The molecule has 1 aromatic heterocycles. The highest BCUT2D eigenvalue weighted by molar-refractivity contribution is 9.10. The molecule has 2 heterocycles. The van der Waals surface area contributed by atoms with E-state index in [0.717, 1.165) is 40.8 Å². The van der Waals surface area contributed by atoms with E-state index in [1.165, 1.54) is 12.8 Å². The fourth-order valence-corrected chi connectivity index (χ4v) is 3.14. The third-order valence-electron chi connectivity index (χ3n) is 3.81. The summed E-state index contributed by atoms with van der Waals surface area (Å²) in [5, 5.41) is 9.44. The summed E-state index contributed by atoms with van der Waals surface area (Å²) in [5.74, 6) is 0.980. The Labute approximate surface area is 121 Å². The number of imidazole rings is 1. The van der Waals surface area contributed by atoms with Gasteiger partial charge in [0, 0.05) is 10.5 Å². The highest BCUT2D eigenvalue weighted by Crippen LogP contribution is 2.21. The Morgan fingerprint density at radius 1 is 1.42 bits per heavy atom. The Hall–Kier alpha value is -0.910. The number of halogens is 1. The standard InChI is InChI=1S/C14H18BrN3O/c15-10-4-5-12-13(7-10)17-14(16-12)8-18-6-2-1-3-11(18)9-19/h4-5,7,11,19H,1-3,6,8-9H2,(H,16,17)/t11-/m1/s1. The lowest BCUT2D eigenvalue weighted by Gasteiger charge is -2.33. The Balaban J connectivity index is 1.80. The second-order valence-electron chi connectivity index (χ2n) is 5.15. The van der Waals surface area contributed by atoms with Crippen LogP contribution in [0.4, 0.5) is 0 Å². The number of nitrogens with one attached hydrogen (secondary N) is 1. The van der Waals surface area contributed by atoms with E-state index in [-0.39, 0.29) is 12.6 Å². The van der Waals surface area contributed by atoms with Gasteiger partial charge in [0.1, 0.15) is 5.82 Å². The van der Waals surface area contributed by atoms with Gasteiger partial charge in [-0.05, 0) is 37.6 Å². The van der Waals surface area contributed by atoms with Crippen LogP contribution in [0, 0.1) is 0 Å². The number of piperidine rings is 1. The number of nitrogens with zero attached hydrogens (tertiary/aromatic N) is 2. The number of rotatable bonds is 3. The molecule has 1 aromatic carbocycles. The largest absolute Gasteiger partial charge is 0.395 e. The summed E-state index contributed by atoms with van der Waals surface area (Å²) in [7, 11) is 0. The number of H-pyrrole nitrogens is 1. The van der Waals surface area contributed by atoms with E-state index in [1.807, 2.05) is 18.2 Å². The van der Waals surface area contributed by atoms with E-state index in [0.29, 0.717) is 0 Å². The second-order valence-corrected chi connectivity index (χ2v) is 6.06. The summed E-state index contributed by atoms with van der Waals surface area (Å²) < 4.78 is 1.06. The van der Waals surface area contributed by atoms with Crippen LogP contribution in [0.3, 0.4) is 0 Å². The molecule has 2 aromatic rings. The maximum absolute atomic E-state index is 9.44. The predicted molar refractivity (Wildman–Crippen MR) is 78.9 cm³/mol. The Kier molecular flexibility index (Phi) is 3.86. The van der Waals surface area contributed by atoms with Crippen LogP contribution < -0.4 is 0 Å². The van der Waals surface area contributed by atoms with Crippen molar-refractivity contribution in [3.63, 3.8) is 0 Å². The predicted octanol–water partition coefficient (Wildman–Crippen LogP) is 2.67. The first kappa shape index (κ1) is 13.1. The molecule has 1 aliphatic heterocycles. The summed E-state index contributed by atoms with van der Waals surface area (Å²) in [6.45, 7) is 2.08. The number of fused-ring (bicyclic) bond motifs is 1. The number of benzene rings is 1. The monoisotopic (exact) mass is 323 g/mol. The van der Waals surface area contributed by atoms with Crippen molar-refractivity contribution in [2.75, 3.05) is 13.2 Å². The van der Waals surface area contributed by atoms with E-state index in [4.69, 9.17) is 0 Å². The lowest BCUT2D eigenvalue weighted by atomic mass is 10.0. The first-order chi connectivity index (χ1) is 9.26. The fraction of sp³-hybridized carbons (Fsp3) is 0.500. The van der Waals surface area contributed by atoms with Gasteiger partial charge in [-0.3, -0.25) is 4.90 Å². The molecule has 5 heteroatoms. The van der Waals surface area contributed by atoms with Crippen molar-refractivity contribution in [1.82, 2.24) is 14.9 Å². The zero-order valence-electron chi connectivity index (χ0n) is 10.8. The third kappa shape index (κ3) is 2.83. The number of hydrogen-bond donors (Lipinski definition) is 2. The molecule has 1 atom stereocenters. The first-order valence-electron chi connectivity index (χ1n) is 6.75. The quantitative estimate of drug-likeness (QED) is 0.913. The van der Waals surface area contributed by atoms with Crippen LogP contribution in [-0.2, 0) is 6.54 Å². The zero-order chi connectivity index (χ0) is 13.2. The van der Waals surface area contributed by atoms with Gasteiger partial charge >= 0.3 is 0 Å². The zero-order valence-corrected chi connectivity index (χ0v) is 12.4. The molecule has 0 saturated carbocycles. The molecule has 0 aliphatic carbocycles. The molecule has 0 unspecified atom stereocenters. The van der Waals surface area contributed by atoms with Crippen LogP contribution in [0.15, 0.2) is 22.7 Å². The van der Waals surface area contributed by atoms with Gasteiger partial charge in [-0.15, -0.1) is 0 Å². The van der Waals surface area contributed by atoms with Gasteiger partial charge in [-0.2, -0.15) is 0 Å². The van der Waals surface area contributed by atoms with Gasteiger partial charge in [-0.25, -0.2) is 4.98 Å². The Morgan fingerprint density at radius 3 is 3.16 bits per heavy atom. The maximum Gasteiger partial charge on any atom is 0.121 e. The molecule has 3 rings (SSSR count). The fourth-order valence-electron chi connectivity index (χ4n) is 2.78. The topological polar surface area (TPSA) is 52.1 Å². The summed E-state index contributed by atoms with van der Waals surface area (Å²) in [6, 6.07) is 6.35. The smallest absolute Gasteiger partial charge is 0.121 e. The molecule has 19 heavy (non-hydrogen) atoms. The van der Waals surface area contributed by atoms with Crippen LogP contribution in [0.5, 0.6) is 0 Å². The molecule has 1 aliphatic rings. The van der Waals surface area contributed by atoms with Crippen molar-refractivity contribution in [1.29, 1.82) is 0 Å². The SMILES string of the molecule is OC[C@H]1CCCCN1Cc1nc2ccc(Br)cc2[nH]1. The minimum Gasteiger partial charge on any atom is -0.395 e.